The summed E-state index contributed by atoms with van der Waals surface area (Å²) >= 11 is 6.26. The summed E-state index contributed by atoms with van der Waals surface area (Å²) in [5, 5.41) is 9.60. The molecule has 5 heteroatoms. The Bertz CT molecular complexity index is 884. The van der Waals surface area contributed by atoms with Crippen LogP contribution in [-0.4, -0.2) is 24.2 Å². The number of nitriles is 1. The van der Waals surface area contributed by atoms with E-state index >= 15 is 0 Å². The van der Waals surface area contributed by atoms with E-state index in [1.165, 1.54) is 0 Å². The number of fused-ring (bicyclic) bond motifs is 1. The van der Waals surface area contributed by atoms with Crippen LogP contribution in [0.1, 0.15) is 31.4 Å². The summed E-state index contributed by atoms with van der Waals surface area (Å²) in [6, 6.07) is 16.9. The van der Waals surface area contributed by atoms with Crippen LogP contribution in [0.4, 0.5) is 5.69 Å². The Labute approximate surface area is 158 Å². The molecule has 0 fully saturated rings. The van der Waals surface area contributed by atoms with Crippen LogP contribution in [0.3, 0.4) is 0 Å². The fourth-order valence-electron chi connectivity index (χ4n) is 3.13. The monoisotopic (exact) mass is 365 g/mol. The molecule has 0 aromatic heterocycles. The average Bonchev–Trinajstić information content (AvgIpc) is 2.75. The highest BCUT2D eigenvalue weighted by Gasteiger charge is 2.33. The number of carbonyl (C=O) groups excluding carboxylic acids is 1. The highest BCUT2D eigenvalue weighted by molar-refractivity contribution is 6.32. The fraction of sp³-hybridized carbons (Fsp3) is 0.286. The van der Waals surface area contributed by atoms with Crippen LogP contribution in [0.2, 0.25) is 5.02 Å². The van der Waals surface area contributed by atoms with Crippen molar-refractivity contribution in [3.8, 4) is 6.07 Å². The first-order valence-corrected chi connectivity index (χ1v) is 9.02. The Kier molecular flexibility index (Phi) is 5.39. The lowest BCUT2D eigenvalue weighted by atomic mass is 10.00. The Morgan fingerprint density at radius 2 is 1.96 bits per heavy atom. The zero-order valence-corrected chi connectivity index (χ0v) is 15.6. The topological polar surface area (TPSA) is 56.5 Å². The first kappa shape index (κ1) is 18.2. The van der Waals surface area contributed by atoms with Crippen LogP contribution in [-0.2, 0) is 4.79 Å². The minimum absolute atomic E-state index is 0.0376. The number of aliphatic imine (C=N–C) groups is 1. The van der Waals surface area contributed by atoms with Crippen molar-refractivity contribution < 1.29 is 4.79 Å². The molecule has 2 aromatic rings. The van der Waals surface area contributed by atoms with Crippen LogP contribution >= 0.6 is 11.6 Å². The number of benzodiazepines with no additional fused rings is 1. The summed E-state index contributed by atoms with van der Waals surface area (Å²) in [5.74, 6) is -0.0414. The Morgan fingerprint density at radius 3 is 2.62 bits per heavy atom. The number of anilines is 1. The normalized spacial score (nSPS) is 16.7. The van der Waals surface area contributed by atoms with Gasteiger partial charge in [-0.05, 0) is 24.1 Å². The summed E-state index contributed by atoms with van der Waals surface area (Å²) < 4.78 is 0. The highest BCUT2D eigenvalue weighted by Crippen LogP contribution is 2.32. The molecular formula is C21H20ClN3O. The van der Waals surface area contributed by atoms with Gasteiger partial charge in [0.15, 0.2) is 0 Å². The largest absolute Gasteiger partial charge is 0.309 e. The summed E-state index contributed by atoms with van der Waals surface area (Å²) in [6.45, 7) is 4.31. The van der Waals surface area contributed by atoms with E-state index in [4.69, 9.17) is 21.9 Å². The molecule has 0 bridgehead atoms. The molecule has 132 valence electrons. The highest BCUT2D eigenvalue weighted by atomic mass is 35.5. The van der Waals surface area contributed by atoms with E-state index in [0.29, 0.717) is 11.6 Å². The van der Waals surface area contributed by atoms with Gasteiger partial charge in [-0.15, -0.1) is 0 Å². The van der Waals surface area contributed by atoms with Gasteiger partial charge in [0.05, 0.1) is 23.9 Å². The minimum atomic E-state index is -0.505. The van der Waals surface area contributed by atoms with Gasteiger partial charge in [0.2, 0.25) is 0 Å². The number of nitrogens with zero attached hydrogens (tertiary/aromatic N) is 3. The Balaban J connectivity index is 2.25. The predicted molar refractivity (Wildman–Crippen MR) is 105 cm³/mol. The lowest BCUT2D eigenvalue weighted by Crippen LogP contribution is -2.40. The molecule has 26 heavy (non-hydrogen) atoms. The summed E-state index contributed by atoms with van der Waals surface area (Å²) in [5.41, 5.74) is 3.27. The molecule has 1 atom stereocenters. The van der Waals surface area contributed by atoms with Crippen LogP contribution in [0.15, 0.2) is 53.5 Å². The van der Waals surface area contributed by atoms with Crippen molar-refractivity contribution in [2.45, 2.75) is 26.3 Å². The Hall–Kier alpha value is -2.64. The van der Waals surface area contributed by atoms with E-state index in [9.17, 15) is 4.79 Å². The smallest absolute Gasteiger partial charge is 0.252 e. The number of rotatable bonds is 4. The number of carbonyl (C=O) groups is 1. The number of benzene rings is 2. The third-order valence-electron chi connectivity index (χ3n) is 4.42. The molecule has 3 rings (SSSR count). The molecule has 1 aliphatic heterocycles. The molecule has 0 saturated heterocycles. The SMILES string of the molecule is CC(C)[C@@H]1N=C(c2ccccc2)c2cc(Cl)ccc2N(CCC#N)C1=O. The van der Waals surface area contributed by atoms with Crippen molar-refractivity contribution >= 4 is 28.9 Å². The molecule has 0 N–H and O–H groups in total. The van der Waals surface area contributed by atoms with Gasteiger partial charge >= 0.3 is 0 Å². The predicted octanol–water partition coefficient (Wildman–Crippen LogP) is 4.46. The van der Waals surface area contributed by atoms with Gasteiger partial charge in [0, 0.05) is 22.7 Å². The van der Waals surface area contributed by atoms with E-state index in [1.54, 1.807) is 11.0 Å². The van der Waals surface area contributed by atoms with E-state index < -0.39 is 6.04 Å². The van der Waals surface area contributed by atoms with Gasteiger partial charge in [0.1, 0.15) is 6.04 Å². The maximum atomic E-state index is 13.2. The lowest BCUT2D eigenvalue weighted by molar-refractivity contribution is -0.120. The molecule has 2 aromatic carbocycles. The second kappa shape index (κ2) is 7.72. The zero-order valence-electron chi connectivity index (χ0n) is 14.8. The van der Waals surface area contributed by atoms with Crippen molar-refractivity contribution in [2.75, 3.05) is 11.4 Å². The van der Waals surface area contributed by atoms with Crippen LogP contribution in [0.5, 0.6) is 0 Å². The first-order chi connectivity index (χ1) is 12.5. The summed E-state index contributed by atoms with van der Waals surface area (Å²) in [6.07, 6.45) is 0.263. The second-order valence-corrected chi connectivity index (χ2v) is 7.03. The molecule has 0 spiro atoms. The molecular weight excluding hydrogens is 346 g/mol. The van der Waals surface area contributed by atoms with Crippen LogP contribution in [0.25, 0.3) is 0 Å². The van der Waals surface area contributed by atoms with Gasteiger partial charge < -0.3 is 4.90 Å². The third kappa shape index (κ3) is 3.49. The maximum absolute atomic E-state index is 13.2. The van der Waals surface area contributed by atoms with Crippen molar-refractivity contribution in [1.82, 2.24) is 0 Å². The first-order valence-electron chi connectivity index (χ1n) is 8.64. The quantitative estimate of drug-likeness (QED) is 0.803. The molecule has 4 nitrogen and oxygen atoms in total. The molecule has 1 aliphatic rings. The lowest BCUT2D eigenvalue weighted by Gasteiger charge is -2.25. The van der Waals surface area contributed by atoms with Gasteiger partial charge in [-0.2, -0.15) is 5.26 Å². The van der Waals surface area contributed by atoms with Gasteiger partial charge in [-0.3, -0.25) is 9.79 Å². The molecule has 0 unspecified atom stereocenters. The van der Waals surface area contributed by atoms with Crippen molar-refractivity contribution in [3.63, 3.8) is 0 Å². The maximum Gasteiger partial charge on any atom is 0.252 e. The average molecular weight is 366 g/mol. The number of hydrogen-bond acceptors (Lipinski definition) is 3. The number of amides is 1. The van der Waals surface area contributed by atoms with Crippen molar-refractivity contribution in [2.24, 2.45) is 10.9 Å². The van der Waals surface area contributed by atoms with Crippen LogP contribution < -0.4 is 4.90 Å². The van der Waals surface area contributed by atoms with E-state index in [2.05, 4.69) is 6.07 Å². The van der Waals surface area contributed by atoms with Gasteiger partial charge in [0.25, 0.3) is 5.91 Å². The van der Waals surface area contributed by atoms with Crippen molar-refractivity contribution in [3.05, 3.63) is 64.7 Å². The third-order valence-corrected chi connectivity index (χ3v) is 4.65. The van der Waals surface area contributed by atoms with E-state index in [-0.39, 0.29) is 18.2 Å². The standard InChI is InChI=1S/C21H20ClN3O/c1-14(2)19-21(26)25(12-6-11-23)18-10-9-16(22)13-17(18)20(24-19)15-7-4-3-5-8-15/h3-5,7-10,13-14,19H,6,12H2,1-2H3/t19-/m0/s1. The van der Waals surface area contributed by atoms with E-state index in [1.807, 2.05) is 56.3 Å². The van der Waals surface area contributed by atoms with Gasteiger partial charge in [-0.1, -0.05) is 55.8 Å². The molecule has 1 heterocycles. The van der Waals surface area contributed by atoms with Gasteiger partial charge in [-0.25, -0.2) is 0 Å². The number of halogens is 1. The summed E-state index contributed by atoms with van der Waals surface area (Å²) in [7, 11) is 0. The molecule has 1 amide bonds. The van der Waals surface area contributed by atoms with Crippen LogP contribution in [0, 0.1) is 17.2 Å². The molecule has 0 aliphatic carbocycles. The van der Waals surface area contributed by atoms with E-state index in [0.717, 1.165) is 22.5 Å². The summed E-state index contributed by atoms with van der Waals surface area (Å²) in [4.78, 5) is 19.7. The zero-order chi connectivity index (χ0) is 18.7. The number of hydrogen-bond donors (Lipinski definition) is 0. The molecule has 0 radical (unpaired) electrons. The fourth-order valence-corrected chi connectivity index (χ4v) is 3.30. The Morgan fingerprint density at radius 1 is 1.23 bits per heavy atom. The minimum Gasteiger partial charge on any atom is -0.309 e. The second-order valence-electron chi connectivity index (χ2n) is 6.59. The van der Waals surface area contributed by atoms with Crippen molar-refractivity contribution in [1.29, 1.82) is 5.26 Å². The molecule has 0 saturated carbocycles.